The average Bonchev–Trinajstić information content (AvgIpc) is 3.39. The maximum atomic E-state index is 15.9. The summed E-state index contributed by atoms with van der Waals surface area (Å²) in [5, 5.41) is 23.9. The third-order valence-corrected chi connectivity index (χ3v) is 11.9. The standard InChI is InChI=1S/C34H44FNO6/c1-5-6-13-41-24-9-7-21(8-10-24)18-36-19-22-16-32(3)26-15-27(35)25-14-23(38)11-12-31(25,2)30(26)28(39)17-33(32,4)34(22,42-36)29(40)20-37/h7-12,14,22,26-28,30,37,39H,5-6,13,15-20H2,1-4H3. The molecule has 3 saturated carbocycles. The highest BCUT2D eigenvalue weighted by molar-refractivity contribution is 6.01. The predicted molar refractivity (Wildman–Crippen MR) is 155 cm³/mol. The molecule has 1 aromatic carbocycles. The van der Waals surface area contributed by atoms with Gasteiger partial charge in [0.25, 0.3) is 0 Å². The molecule has 7 nitrogen and oxygen atoms in total. The maximum absolute atomic E-state index is 15.9. The third kappa shape index (κ3) is 4.05. The molecule has 2 N–H and O–H groups in total. The van der Waals surface area contributed by atoms with Crippen LogP contribution in [-0.4, -0.2) is 64.5 Å². The predicted octanol–water partition coefficient (Wildman–Crippen LogP) is 4.76. The highest BCUT2D eigenvalue weighted by atomic mass is 19.1. The first kappa shape index (κ1) is 29.7. The highest BCUT2D eigenvalue weighted by Gasteiger charge is 2.79. The zero-order valence-corrected chi connectivity index (χ0v) is 25.1. The lowest BCUT2D eigenvalue weighted by Crippen LogP contribution is -2.67. The summed E-state index contributed by atoms with van der Waals surface area (Å²) in [6.45, 7) is 9.17. The van der Waals surface area contributed by atoms with E-state index in [-0.39, 0.29) is 42.2 Å². The lowest BCUT2D eigenvalue weighted by atomic mass is 9.41. The summed E-state index contributed by atoms with van der Waals surface area (Å²) in [6, 6.07) is 7.88. The molecule has 1 saturated heterocycles. The number of hydrogen-bond acceptors (Lipinski definition) is 7. The number of benzene rings is 1. The quantitative estimate of drug-likeness (QED) is 0.428. The van der Waals surface area contributed by atoms with Crippen LogP contribution in [0.4, 0.5) is 4.39 Å². The lowest BCUT2D eigenvalue weighted by molar-refractivity contribution is -0.270. The van der Waals surface area contributed by atoms with E-state index in [1.165, 1.54) is 12.2 Å². The Morgan fingerprint density at radius 2 is 1.93 bits per heavy atom. The van der Waals surface area contributed by atoms with E-state index in [1.54, 1.807) is 6.08 Å². The Kier molecular flexibility index (Phi) is 7.32. The van der Waals surface area contributed by atoms with Gasteiger partial charge in [0.1, 0.15) is 18.5 Å². The Morgan fingerprint density at radius 1 is 1.19 bits per heavy atom. The van der Waals surface area contributed by atoms with Crippen molar-refractivity contribution in [3.05, 3.63) is 53.6 Å². The van der Waals surface area contributed by atoms with Crippen molar-refractivity contribution in [3.8, 4) is 5.75 Å². The minimum atomic E-state index is -1.33. The van der Waals surface area contributed by atoms with Crippen molar-refractivity contribution < 1.29 is 33.8 Å². The van der Waals surface area contributed by atoms with E-state index in [9.17, 15) is 19.8 Å². The van der Waals surface area contributed by atoms with Crippen molar-refractivity contribution in [1.82, 2.24) is 5.06 Å². The zero-order chi connectivity index (χ0) is 30.1. The molecule has 4 aliphatic carbocycles. The van der Waals surface area contributed by atoms with E-state index < -0.39 is 40.7 Å². The topological polar surface area (TPSA) is 96.3 Å². The van der Waals surface area contributed by atoms with Gasteiger partial charge in [-0.25, -0.2) is 4.39 Å². The normalized spacial score (nSPS) is 42.4. The van der Waals surface area contributed by atoms with E-state index >= 15 is 4.39 Å². The second-order valence-electron chi connectivity index (χ2n) is 14.0. The number of aliphatic hydroxyl groups is 2. The van der Waals surface area contributed by atoms with Crippen molar-refractivity contribution in [2.75, 3.05) is 19.8 Å². The number of unbranched alkanes of at least 4 members (excludes halogenated alkanes) is 1. The van der Waals surface area contributed by atoms with Crippen molar-refractivity contribution >= 4 is 11.6 Å². The smallest absolute Gasteiger partial charge is 0.192 e. The largest absolute Gasteiger partial charge is 0.494 e. The number of carbonyl (C=O) groups excluding carboxylic acids is 2. The van der Waals surface area contributed by atoms with Gasteiger partial charge in [-0.2, -0.15) is 5.06 Å². The molecular formula is C34H44FNO6. The maximum Gasteiger partial charge on any atom is 0.192 e. The van der Waals surface area contributed by atoms with Crippen LogP contribution in [0.1, 0.15) is 65.4 Å². The van der Waals surface area contributed by atoms with Crippen LogP contribution in [0.25, 0.3) is 0 Å². The Labute approximate surface area is 247 Å². The molecule has 0 bridgehead atoms. The first-order valence-corrected chi connectivity index (χ1v) is 15.5. The van der Waals surface area contributed by atoms with Crippen molar-refractivity contribution in [2.45, 2.75) is 84.2 Å². The first-order valence-electron chi connectivity index (χ1n) is 15.5. The number of hydrogen-bond donors (Lipinski definition) is 2. The number of rotatable bonds is 8. The SMILES string of the molecule is CCCCOc1ccc(CN2CC3CC4(C)C5CC(F)C6=CC(=O)C=CC6(C)C5C(O)CC4(C)C3(C(=O)CO)O2)cc1. The molecule has 1 aromatic rings. The van der Waals surface area contributed by atoms with Crippen LogP contribution in [0, 0.1) is 34.0 Å². The number of ketones is 2. The minimum absolute atomic E-state index is 0.183. The van der Waals surface area contributed by atoms with Gasteiger partial charge in [0.15, 0.2) is 17.2 Å². The molecule has 1 aliphatic heterocycles. The van der Waals surface area contributed by atoms with Crippen LogP contribution in [-0.2, 0) is 21.0 Å². The summed E-state index contributed by atoms with van der Waals surface area (Å²) in [6.07, 6.45) is 5.69. The molecule has 8 heteroatoms. The number of hydroxylamine groups is 2. The van der Waals surface area contributed by atoms with Crippen LogP contribution < -0.4 is 4.74 Å². The molecular weight excluding hydrogens is 537 g/mol. The minimum Gasteiger partial charge on any atom is -0.494 e. The number of alkyl halides is 1. The monoisotopic (exact) mass is 581 g/mol. The summed E-state index contributed by atoms with van der Waals surface area (Å²) >= 11 is 0. The van der Waals surface area contributed by atoms with Gasteiger partial charge in [-0.1, -0.05) is 52.3 Å². The molecule has 228 valence electrons. The van der Waals surface area contributed by atoms with Crippen molar-refractivity contribution in [3.63, 3.8) is 0 Å². The van der Waals surface area contributed by atoms with Gasteiger partial charge in [0.05, 0.1) is 12.7 Å². The molecule has 0 amide bonds. The number of carbonyl (C=O) groups is 2. The van der Waals surface area contributed by atoms with Crippen LogP contribution >= 0.6 is 0 Å². The molecule has 1 heterocycles. The Balaban J connectivity index is 1.30. The van der Waals surface area contributed by atoms with Crippen LogP contribution in [0.3, 0.4) is 0 Å². The summed E-state index contributed by atoms with van der Waals surface area (Å²) in [7, 11) is 0. The van der Waals surface area contributed by atoms with E-state index in [4.69, 9.17) is 9.57 Å². The molecule has 0 aromatic heterocycles. The highest BCUT2D eigenvalue weighted by Crippen LogP contribution is 2.76. The van der Waals surface area contributed by atoms with Crippen molar-refractivity contribution in [2.24, 2.45) is 34.0 Å². The fourth-order valence-corrected chi connectivity index (χ4v) is 9.81. The second kappa shape index (κ2) is 10.4. The number of ether oxygens (including phenoxy) is 1. The van der Waals surface area contributed by atoms with E-state index in [0.29, 0.717) is 31.7 Å². The van der Waals surface area contributed by atoms with E-state index in [0.717, 1.165) is 24.2 Å². The number of allylic oxidation sites excluding steroid dienone is 4. The summed E-state index contributed by atoms with van der Waals surface area (Å²) in [5.74, 6) is -0.551. The third-order valence-electron chi connectivity index (χ3n) is 11.9. The second-order valence-corrected chi connectivity index (χ2v) is 14.0. The summed E-state index contributed by atoms with van der Waals surface area (Å²) < 4.78 is 21.7. The van der Waals surface area contributed by atoms with E-state index in [1.807, 2.05) is 43.2 Å². The Bertz CT molecular complexity index is 1310. The Morgan fingerprint density at radius 3 is 2.62 bits per heavy atom. The molecule has 9 unspecified atom stereocenters. The van der Waals surface area contributed by atoms with Crippen molar-refractivity contribution in [1.29, 1.82) is 0 Å². The Hall–Kier alpha value is -2.39. The van der Waals surface area contributed by atoms with Gasteiger partial charge in [-0.15, -0.1) is 0 Å². The van der Waals surface area contributed by atoms with Gasteiger partial charge in [-0.3, -0.25) is 14.4 Å². The van der Waals surface area contributed by atoms with Crippen LogP contribution in [0.15, 0.2) is 48.1 Å². The van der Waals surface area contributed by atoms with E-state index in [2.05, 4.69) is 13.8 Å². The average molecular weight is 582 g/mol. The van der Waals surface area contributed by atoms with Crippen LogP contribution in [0.2, 0.25) is 0 Å². The summed E-state index contributed by atoms with van der Waals surface area (Å²) in [4.78, 5) is 32.7. The molecule has 42 heavy (non-hydrogen) atoms. The number of aliphatic hydroxyl groups excluding tert-OH is 2. The van der Waals surface area contributed by atoms with Gasteiger partial charge < -0.3 is 14.9 Å². The number of Topliss-reactive ketones (excluding diaryl/α,β-unsaturated/α-hetero) is 1. The van der Waals surface area contributed by atoms with Crippen LogP contribution in [0.5, 0.6) is 5.75 Å². The van der Waals surface area contributed by atoms with Gasteiger partial charge in [0.2, 0.25) is 0 Å². The number of halogens is 1. The van der Waals surface area contributed by atoms with Gasteiger partial charge >= 0.3 is 0 Å². The molecule has 9 atom stereocenters. The fourth-order valence-electron chi connectivity index (χ4n) is 9.81. The summed E-state index contributed by atoms with van der Waals surface area (Å²) in [5.41, 5.74) is -2.03. The number of nitrogens with zero attached hydrogens (tertiary/aromatic N) is 1. The van der Waals surface area contributed by atoms with Gasteiger partial charge in [0, 0.05) is 35.8 Å². The first-order chi connectivity index (χ1) is 19.9. The molecule has 4 fully saturated rings. The fraction of sp³-hybridized carbons (Fsp3) is 0.647. The lowest BCUT2D eigenvalue weighted by Gasteiger charge is -2.64. The number of fused-ring (bicyclic) bond motifs is 7. The molecule has 5 aliphatic rings. The zero-order valence-electron chi connectivity index (χ0n) is 25.1. The van der Waals surface area contributed by atoms with Gasteiger partial charge in [-0.05, 0) is 72.4 Å². The molecule has 6 rings (SSSR count). The molecule has 0 spiro atoms. The molecule has 0 radical (unpaired) electrons.